The molecule has 0 bridgehead atoms. The van der Waals surface area contributed by atoms with E-state index in [1.807, 2.05) is 6.92 Å². The molecule has 0 heterocycles. The lowest BCUT2D eigenvalue weighted by molar-refractivity contribution is -0.145. The third-order valence-corrected chi connectivity index (χ3v) is 1.52. The molecule has 0 saturated heterocycles. The van der Waals surface area contributed by atoms with E-state index in [1.165, 1.54) is 6.92 Å². The minimum Gasteiger partial charge on any atom is -0.479 e. The SMILES string of the molecule is CC(O)C(=O)O.CCC(O)CCCO. The molecule has 0 aromatic rings. The zero-order valence-electron chi connectivity index (χ0n) is 8.68. The van der Waals surface area contributed by atoms with Crippen molar-refractivity contribution < 1.29 is 25.2 Å². The van der Waals surface area contributed by atoms with E-state index >= 15 is 0 Å². The Hall–Kier alpha value is -0.650. The van der Waals surface area contributed by atoms with E-state index in [1.54, 1.807) is 0 Å². The minimum atomic E-state index is -1.23. The van der Waals surface area contributed by atoms with Crippen LogP contribution in [0.1, 0.15) is 33.1 Å². The molecular formula is C9H20O5. The maximum absolute atomic E-state index is 9.45. The van der Waals surface area contributed by atoms with Crippen LogP contribution in [-0.2, 0) is 4.79 Å². The number of aliphatic carboxylic acids is 1. The summed E-state index contributed by atoms with van der Waals surface area (Å²) in [5.74, 6) is -1.19. The van der Waals surface area contributed by atoms with Gasteiger partial charge in [-0.25, -0.2) is 4.79 Å². The van der Waals surface area contributed by atoms with Gasteiger partial charge in [0.05, 0.1) is 6.10 Å². The Morgan fingerprint density at radius 2 is 1.79 bits per heavy atom. The van der Waals surface area contributed by atoms with E-state index < -0.39 is 12.1 Å². The van der Waals surface area contributed by atoms with Crippen LogP contribution in [-0.4, -0.2) is 45.2 Å². The molecule has 0 aliphatic carbocycles. The molecule has 0 fully saturated rings. The predicted molar refractivity (Wildman–Crippen MR) is 51.9 cm³/mol. The second-order valence-electron chi connectivity index (χ2n) is 2.94. The fourth-order valence-electron chi connectivity index (χ4n) is 0.531. The molecule has 0 rings (SSSR count). The number of carboxylic acids is 1. The van der Waals surface area contributed by atoms with Crippen molar-refractivity contribution in [1.29, 1.82) is 0 Å². The van der Waals surface area contributed by atoms with E-state index in [0.717, 1.165) is 19.3 Å². The molecule has 0 aliphatic rings. The number of aliphatic hydroxyl groups is 3. The van der Waals surface area contributed by atoms with E-state index in [9.17, 15) is 4.79 Å². The summed E-state index contributed by atoms with van der Waals surface area (Å²) in [6.07, 6.45) is 0.800. The molecule has 0 saturated carbocycles. The minimum absolute atomic E-state index is 0.192. The molecule has 0 aliphatic heterocycles. The van der Waals surface area contributed by atoms with E-state index in [0.29, 0.717) is 0 Å². The summed E-state index contributed by atoms with van der Waals surface area (Å²) in [5.41, 5.74) is 0. The van der Waals surface area contributed by atoms with E-state index in [-0.39, 0.29) is 12.7 Å². The van der Waals surface area contributed by atoms with Crippen molar-refractivity contribution in [1.82, 2.24) is 0 Å². The highest BCUT2D eigenvalue weighted by Crippen LogP contribution is 1.98. The average molecular weight is 208 g/mol. The van der Waals surface area contributed by atoms with Gasteiger partial charge in [-0.15, -0.1) is 0 Å². The van der Waals surface area contributed by atoms with Gasteiger partial charge in [-0.1, -0.05) is 6.92 Å². The lowest BCUT2D eigenvalue weighted by atomic mass is 10.2. The van der Waals surface area contributed by atoms with Gasteiger partial charge in [-0.05, 0) is 26.2 Å². The molecule has 4 N–H and O–H groups in total. The van der Waals surface area contributed by atoms with Crippen molar-refractivity contribution in [2.45, 2.75) is 45.3 Å². The average Bonchev–Trinajstić information content (AvgIpc) is 2.14. The summed E-state index contributed by atoms with van der Waals surface area (Å²) in [5, 5.41) is 32.9. The molecule has 0 aromatic carbocycles. The molecule has 14 heavy (non-hydrogen) atoms. The number of aliphatic hydroxyl groups excluding tert-OH is 3. The lowest BCUT2D eigenvalue weighted by Gasteiger charge is -2.03. The third-order valence-electron chi connectivity index (χ3n) is 1.52. The Morgan fingerprint density at radius 3 is 2.00 bits per heavy atom. The maximum atomic E-state index is 9.45. The van der Waals surface area contributed by atoms with Crippen LogP contribution in [0.5, 0.6) is 0 Å². The number of carbonyl (C=O) groups is 1. The van der Waals surface area contributed by atoms with Crippen LogP contribution < -0.4 is 0 Å². The molecule has 86 valence electrons. The molecule has 0 spiro atoms. The lowest BCUT2D eigenvalue weighted by Crippen LogP contribution is -2.13. The van der Waals surface area contributed by atoms with Crippen molar-refractivity contribution in [2.24, 2.45) is 0 Å². The number of hydrogen-bond acceptors (Lipinski definition) is 4. The zero-order valence-corrected chi connectivity index (χ0v) is 8.68. The summed E-state index contributed by atoms with van der Waals surface area (Å²) in [6.45, 7) is 3.32. The molecular weight excluding hydrogens is 188 g/mol. The van der Waals surface area contributed by atoms with Gasteiger partial charge in [0.2, 0.25) is 0 Å². The van der Waals surface area contributed by atoms with Gasteiger partial charge in [0.25, 0.3) is 0 Å². The Kier molecular flexibility index (Phi) is 11.8. The van der Waals surface area contributed by atoms with E-state index in [2.05, 4.69) is 0 Å². The first-order valence-corrected chi connectivity index (χ1v) is 4.65. The predicted octanol–water partition coefficient (Wildman–Crippen LogP) is -0.0184. The van der Waals surface area contributed by atoms with Crippen LogP contribution in [0.15, 0.2) is 0 Å². The van der Waals surface area contributed by atoms with Crippen LogP contribution >= 0.6 is 0 Å². The van der Waals surface area contributed by atoms with Crippen LogP contribution in [0.3, 0.4) is 0 Å². The van der Waals surface area contributed by atoms with E-state index in [4.69, 9.17) is 20.4 Å². The van der Waals surface area contributed by atoms with Gasteiger partial charge in [-0.2, -0.15) is 0 Å². The first kappa shape index (κ1) is 15.8. The first-order chi connectivity index (χ1) is 6.45. The molecule has 5 heteroatoms. The van der Waals surface area contributed by atoms with Gasteiger partial charge in [0.15, 0.2) is 0 Å². The molecule has 5 nitrogen and oxygen atoms in total. The topological polar surface area (TPSA) is 98.0 Å². The van der Waals surface area contributed by atoms with Crippen LogP contribution in [0.25, 0.3) is 0 Å². The quantitative estimate of drug-likeness (QED) is 0.509. The summed E-state index contributed by atoms with van der Waals surface area (Å²) in [4.78, 5) is 9.45. The smallest absolute Gasteiger partial charge is 0.332 e. The third kappa shape index (κ3) is 13.9. The fourth-order valence-corrected chi connectivity index (χ4v) is 0.531. The first-order valence-electron chi connectivity index (χ1n) is 4.65. The molecule has 2 unspecified atom stereocenters. The second-order valence-corrected chi connectivity index (χ2v) is 2.94. The summed E-state index contributed by atoms with van der Waals surface area (Å²) < 4.78 is 0. The zero-order chi connectivity index (χ0) is 11.6. The standard InChI is InChI=1S/C6H14O2.C3H6O3/c1-2-6(8)4-3-5-7;1-2(4)3(5)6/h6-8H,2-5H2,1H3;2,4H,1H3,(H,5,6). The number of carboxylic acid groups (broad SMARTS) is 1. The van der Waals surface area contributed by atoms with Gasteiger partial charge in [0.1, 0.15) is 6.10 Å². The summed E-state index contributed by atoms with van der Waals surface area (Å²) in [6, 6.07) is 0. The fraction of sp³-hybridized carbons (Fsp3) is 0.889. The summed E-state index contributed by atoms with van der Waals surface area (Å²) in [7, 11) is 0. The second kappa shape index (κ2) is 10.4. The van der Waals surface area contributed by atoms with Crippen molar-refractivity contribution in [2.75, 3.05) is 6.61 Å². The van der Waals surface area contributed by atoms with Gasteiger partial charge in [-0.3, -0.25) is 0 Å². The largest absolute Gasteiger partial charge is 0.479 e. The summed E-state index contributed by atoms with van der Waals surface area (Å²) >= 11 is 0. The Labute approximate surface area is 84.0 Å². The van der Waals surface area contributed by atoms with Gasteiger partial charge < -0.3 is 20.4 Å². The van der Waals surface area contributed by atoms with Crippen LogP contribution in [0.2, 0.25) is 0 Å². The Balaban J connectivity index is 0. The monoisotopic (exact) mass is 208 g/mol. The molecule has 2 atom stereocenters. The van der Waals surface area contributed by atoms with Crippen molar-refractivity contribution in [3.05, 3.63) is 0 Å². The highest BCUT2D eigenvalue weighted by Gasteiger charge is 2.01. The van der Waals surface area contributed by atoms with Crippen LogP contribution in [0, 0.1) is 0 Å². The van der Waals surface area contributed by atoms with Crippen molar-refractivity contribution >= 4 is 5.97 Å². The molecule has 0 amide bonds. The molecule has 0 radical (unpaired) electrons. The van der Waals surface area contributed by atoms with Gasteiger partial charge >= 0.3 is 5.97 Å². The normalized spacial score (nSPS) is 13.8. The molecule has 0 aromatic heterocycles. The Bertz CT molecular complexity index is 135. The van der Waals surface area contributed by atoms with Crippen molar-refractivity contribution in [3.8, 4) is 0 Å². The number of rotatable bonds is 5. The highest BCUT2D eigenvalue weighted by molar-refractivity contribution is 5.71. The maximum Gasteiger partial charge on any atom is 0.332 e. The van der Waals surface area contributed by atoms with Crippen molar-refractivity contribution in [3.63, 3.8) is 0 Å². The van der Waals surface area contributed by atoms with Crippen LogP contribution in [0.4, 0.5) is 0 Å². The number of hydrogen-bond donors (Lipinski definition) is 4. The highest BCUT2D eigenvalue weighted by atomic mass is 16.4. The van der Waals surface area contributed by atoms with Gasteiger partial charge in [0, 0.05) is 6.61 Å². The Morgan fingerprint density at radius 1 is 1.36 bits per heavy atom.